The molecule has 10 heteroatoms. The van der Waals surface area contributed by atoms with E-state index in [1.165, 1.54) is 12.3 Å². The number of nitroso groups, excluding NO2 is 1. The average molecular weight is 391 g/mol. The molecule has 5 rings (SSSR count). The topological polar surface area (TPSA) is 107 Å². The zero-order valence-corrected chi connectivity index (χ0v) is 15.0. The van der Waals surface area contributed by atoms with E-state index in [4.69, 9.17) is 4.74 Å². The first-order valence-corrected chi connectivity index (χ1v) is 8.90. The first-order valence-electron chi connectivity index (χ1n) is 8.90. The monoisotopic (exact) mass is 391 g/mol. The third kappa shape index (κ3) is 2.94. The van der Waals surface area contributed by atoms with Gasteiger partial charge < -0.3 is 10.1 Å². The van der Waals surface area contributed by atoms with Crippen molar-refractivity contribution in [2.45, 2.75) is 12.5 Å². The van der Waals surface area contributed by atoms with E-state index in [1.54, 1.807) is 41.5 Å². The molecule has 3 aromatic heterocycles. The lowest BCUT2D eigenvalue weighted by Crippen LogP contribution is -2.22. The van der Waals surface area contributed by atoms with E-state index in [-0.39, 0.29) is 23.3 Å². The van der Waals surface area contributed by atoms with E-state index >= 15 is 0 Å². The molecule has 9 nitrogen and oxygen atoms in total. The molecular weight excluding hydrogens is 377 g/mol. The zero-order chi connectivity index (χ0) is 19.8. The van der Waals surface area contributed by atoms with Crippen LogP contribution in [0.5, 0.6) is 5.75 Å². The highest BCUT2D eigenvalue weighted by Gasteiger charge is 2.25. The molecule has 0 bridgehead atoms. The van der Waals surface area contributed by atoms with Crippen molar-refractivity contribution in [1.29, 1.82) is 0 Å². The summed E-state index contributed by atoms with van der Waals surface area (Å²) >= 11 is 0. The Balaban J connectivity index is 1.55. The van der Waals surface area contributed by atoms with Gasteiger partial charge in [0, 0.05) is 18.2 Å². The van der Waals surface area contributed by atoms with Crippen LogP contribution in [-0.4, -0.2) is 31.1 Å². The Morgan fingerprint density at radius 3 is 3.07 bits per heavy atom. The van der Waals surface area contributed by atoms with Crippen LogP contribution in [0.3, 0.4) is 0 Å². The van der Waals surface area contributed by atoms with Gasteiger partial charge in [0.25, 0.3) is 0 Å². The number of imidazole rings is 1. The molecule has 29 heavy (non-hydrogen) atoms. The standard InChI is InChI=1S/C19H14FN7O2/c20-12-3-1-2-11-13(5-7-29-17(11)12)24-18-15(26-28)9-22-19(25-18)27-10-23-14-8-21-6-4-16(14)27/h1-4,6,8-10,13H,5,7H2,(H,22,24,25)/t13-/m1/s1. The van der Waals surface area contributed by atoms with E-state index < -0.39 is 5.82 Å². The van der Waals surface area contributed by atoms with Crippen LogP contribution in [0.4, 0.5) is 15.9 Å². The molecule has 0 spiro atoms. The number of rotatable bonds is 4. The lowest BCUT2D eigenvalue weighted by Gasteiger charge is -2.27. The first kappa shape index (κ1) is 17.2. The molecule has 0 amide bonds. The Morgan fingerprint density at radius 1 is 1.24 bits per heavy atom. The molecule has 4 aromatic rings. The third-order valence-corrected chi connectivity index (χ3v) is 4.76. The number of fused-ring (bicyclic) bond motifs is 2. The summed E-state index contributed by atoms with van der Waals surface area (Å²) in [5, 5.41) is 6.21. The number of anilines is 1. The van der Waals surface area contributed by atoms with Crippen LogP contribution < -0.4 is 10.1 Å². The summed E-state index contributed by atoms with van der Waals surface area (Å²) in [6, 6.07) is 6.25. The van der Waals surface area contributed by atoms with Crippen molar-refractivity contribution in [3.05, 3.63) is 65.5 Å². The van der Waals surface area contributed by atoms with Crippen molar-refractivity contribution in [2.24, 2.45) is 5.18 Å². The van der Waals surface area contributed by atoms with Gasteiger partial charge >= 0.3 is 0 Å². The summed E-state index contributed by atoms with van der Waals surface area (Å²) in [6.07, 6.45) is 6.79. The molecule has 144 valence electrons. The normalized spacial score (nSPS) is 15.6. The van der Waals surface area contributed by atoms with Crippen LogP contribution in [0, 0.1) is 10.7 Å². The minimum atomic E-state index is -0.426. The van der Waals surface area contributed by atoms with Crippen LogP contribution in [0.15, 0.2) is 54.4 Å². The number of hydrogen-bond acceptors (Lipinski definition) is 8. The fourth-order valence-corrected chi connectivity index (χ4v) is 3.38. The average Bonchev–Trinajstić information content (AvgIpc) is 3.19. The summed E-state index contributed by atoms with van der Waals surface area (Å²) in [7, 11) is 0. The Bertz CT molecular complexity index is 1230. The molecule has 1 aliphatic rings. The summed E-state index contributed by atoms with van der Waals surface area (Å²) < 4.78 is 21.2. The molecule has 1 aromatic carbocycles. The van der Waals surface area contributed by atoms with E-state index in [0.717, 1.165) is 5.52 Å². The SMILES string of the molecule is O=Nc1cnc(-n2cnc3cnccc32)nc1N[C@@H]1CCOc2c(F)cccc21. The second kappa shape index (κ2) is 6.89. The predicted molar refractivity (Wildman–Crippen MR) is 103 cm³/mol. The van der Waals surface area contributed by atoms with Crippen molar-refractivity contribution in [3.8, 4) is 11.7 Å². The number of benzene rings is 1. The van der Waals surface area contributed by atoms with Crippen LogP contribution in [0.25, 0.3) is 17.0 Å². The highest BCUT2D eigenvalue weighted by Crippen LogP contribution is 2.37. The fraction of sp³-hybridized carbons (Fsp3) is 0.158. The lowest BCUT2D eigenvalue weighted by molar-refractivity contribution is 0.260. The van der Waals surface area contributed by atoms with Gasteiger partial charge in [0.05, 0.1) is 30.6 Å². The molecule has 0 radical (unpaired) electrons. The smallest absolute Gasteiger partial charge is 0.237 e. The van der Waals surface area contributed by atoms with Gasteiger partial charge in [-0.2, -0.15) is 4.98 Å². The maximum atomic E-state index is 14.1. The van der Waals surface area contributed by atoms with E-state index in [2.05, 4.69) is 30.4 Å². The number of halogens is 1. The third-order valence-electron chi connectivity index (χ3n) is 4.76. The molecule has 1 aliphatic heterocycles. The minimum absolute atomic E-state index is 0.0595. The van der Waals surface area contributed by atoms with Crippen molar-refractivity contribution < 1.29 is 9.13 Å². The maximum absolute atomic E-state index is 14.1. The number of hydrogen-bond donors (Lipinski definition) is 1. The molecule has 0 fully saturated rings. The van der Waals surface area contributed by atoms with Crippen LogP contribution in [0.1, 0.15) is 18.0 Å². The Kier molecular flexibility index (Phi) is 4.08. The van der Waals surface area contributed by atoms with Gasteiger partial charge in [0.2, 0.25) is 5.95 Å². The molecule has 1 atom stereocenters. The quantitative estimate of drug-likeness (QED) is 0.529. The second-order valence-corrected chi connectivity index (χ2v) is 6.47. The zero-order valence-electron chi connectivity index (χ0n) is 15.0. The van der Waals surface area contributed by atoms with Crippen LogP contribution in [0.2, 0.25) is 0 Å². The summed E-state index contributed by atoms with van der Waals surface area (Å²) in [5.74, 6) is 0.354. The molecule has 0 saturated carbocycles. The molecule has 0 unspecified atom stereocenters. The molecule has 1 N–H and O–H groups in total. The minimum Gasteiger partial charge on any atom is -0.490 e. The maximum Gasteiger partial charge on any atom is 0.237 e. The molecule has 0 saturated heterocycles. The van der Waals surface area contributed by atoms with Crippen LogP contribution >= 0.6 is 0 Å². The number of aromatic nitrogens is 5. The lowest BCUT2D eigenvalue weighted by atomic mass is 10.0. The van der Waals surface area contributed by atoms with Gasteiger partial charge in [-0.1, -0.05) is 12.1 Å². The molecule has 4 heterocycles. The Labute approximate surface area is 163 Å². The number of nitrogens with zero attached hydrogens (tertiary/aromatic N) is 6. The number of para-hydroxylation sites is 1. The number of ether oxygens (including phenoxy) is 1. The van der Waals surface area contributed by atoms with Crippen molar-refractivity contribution in [2.75, 3.05) is 11.9 Å². The highest BCUT2D eigenvalue weighted by molar-refractivity contribution is 5.75. The summed E-state index contributed by atoms with van der Waals surface area (Å²) in [5.41, 5.74) is 2.19. The first-order chi connectivity index (χ1) is 14.2. The predicted octanol–water partition coefficient (Wildman–Crippen LogP) is 3.68. The largest absolute Gasteiger partial charge is 0.490 e. The summed E-state index contributed by atoms with van der Waals surface area (Å²) in [6.45, 7) is 0.340. The van der Waals surface area contributed by atoms with Crippen molar-refractivity contribution in [1.82, 2.24) is 24.5 Å². The van der Waals surface area contributed by atoms with Crippen LogP contribution in [-0.2, 0) is 0 Å². The molecule has 0 aliphatic carbocycles. The number of nitrogens with one attached hydrogen (secondary N) is 1. The van der Waals surface area contributed by atoms with Gasteiger partial charge in [0.1, 0.15) is 11.8 Å². The van der Waals surface area contributed by atoms with E-state index in [1.807, 2.05) is 0 Å². The van der Waals surface area contributed by atoms with Crippen molar-refractivity contribution in [3.63, 3.8) is 0 Å². The fourth-order valence-electron chi connectivity index (χ4n) is 3.38. The van der Waals surface area contributed by atoms with E-state index in [0.29, 0.717) is 30.1 Å². The molecular formula is C19H14FN7O2. The Hall–Kier alpha value is -3.95. The van der Waals surface area contributed by atoms with Gasteiger partial charge in [-0.25, -0.2) is 14.4 Å². The Morgan fingerprint density at radius 2 is 2.17 bits per heavy atom. The van der Waals surface area contributed by atoms with E-state index in [9.17, 15) is 9.30 Å². The highest BCUT2D eigenvalue weighted by atomic mass is 19.1. The van der Waals surface area contributed by atoms with Gasteiger partial charge in [-0.05, 0) is 17.3 Å². The number of pyridine rings is 1. The van der Waals surface area contributed by atoms with Gasteiger partial charge in [-0.3, -0.25) is 9.55 Å². The van der Waals surface area contributed by atoms with Crippen molar-refractivity contribution >= 4 is 22.5 Å². The van der Waals surface area contributed by atoms with Gasteiger partial charge in [0.15, 0.2) is 23.1 Å². The van der Waals surface area contributed by atoms with Gasteiger partial charge in [-0.15, -0.1) is 4.91 Å². The summed E-state index contributed by atoms with van der Waals surface area (Å²) in [4.78, 5) is 28.3. The second-order valence-electron chi connectivity index (χ2n) is 6.47.